The van der Waals surface area contributed by atoms with Crippen molar-refractivity contribution in [1.82, 2.24) is 4.98 Å². The van der Waals surface area contributed by atoms with Gasteiger partial charge in [0.25, 0.3) is 5.91 Å². The van der Waals surface area contributed by atoms with Crippen molar-refractivity contribution in [3.05, 3.63) is 53.7 Å². The SMILES string of the molecule is COc1cc2[nH]cc(C(=O)Nc3ccccc3C#N)c2cc1OC. The van der Waals surface area contributed by atoms with E-state index >= 15 is 0 Å². The molecule has 0 radical (unpaired) electrons. The maximum Gasteiger partial charge on any atom is 0.257 e. The molecule has 24 heavy (non-hydrogen) atoms. The van der Waals surface area contributed by atoms with Crippen LogP contribution in [0.4, 0.5) is 5.69 Å². The number of carbonyl (C=O) groups excluding carboxylic acids is 1. The van der Waals surface area contributed by atoms with Crippen LogP contribution in [-0.2, 0) is 0 Å². The summed E-state index contributed by atoms with van der Waals surface area (Å²) < 4.78 is 10.5. The van der Waals surface area contributed by atoms with Gasteiger partial charge in [0.1, 0.15) is 6.07 Å². The van der Waals surface area contributed by atoms with Gasteiger partial charge in [-0.1, -0.05) is 12.1 Å². The number of rotatable bonds is 4. The lowest BCUT2D eigenvalue weighted by molar-refractivity contribution is 0.102. The van der Waals surface area contributed by atoms with Crippen LogP contribution in [0.25, 0.3) is 10.9 Å². The molecule has 1 amide bonds. The lowest BCUT2D eigenvalue weighted by atomic mass is 10.1. The molecule has 0 aliphatic rings. The summed E-state index contributed by atoms with van der Waals surface area (Å²) in [7, 11) is 3.10. The van der Waals surface area contributed by atoms with Crippen LogP contribution in [0.1, 0.15) is 15.9 Å². The number of hydrogen-bond acceptors (Lipinski definition) is 4. The normalized spacial score (nSPS) is 10.2. The van der Waals surface area contributed by atoms with Gasteiger partial charge in [-0.2, -0.15) is 5.26 Å². The van der Waals surface area contributed by atoms with Gasteiger partial charge in [-0.15, -0.1) is 0 Å². The minimum atomic E-state index is -0.309. The van der Waals surface area contributed by atoms with Gasteiger partial charge in [0, 0.05) is 17.6 Å². The highest BCUT2D eigenvalue weighted by Crippen LogP contribution is 2.33. The molecule has 0 saturated heterocycles. The van der Waals surface area contributed by atoms with Crippen molar-refractivity contribution in [1.29, 1.82) is 5.26 Å². The standard InChI is InChI=1S/C18H15N3O3/c1-23-16-7-12-13(10-20-15(12)8-17(16)24-2)18(22)21-14-6-4-3-5-11(14)9-19/h3-8,10,20H,1-2H3,(H,21,22). The largest absolute Gasteiger partial charge is 0.493 e. The Bertz CT molecular complexity index is 954. The van der Waals surface area contributed by atoms with Gasteiger partial charge < -0.3 is 19.8 Å². The molecule has 0 saturated carbocycles. The molecule has 0 spiro atoms. The number of methoxy groups -OCH3 is 2. The van der Waals surface area contributed by atoms with Gasteiger partial charge in [0.05, 0.1) is 36.6 Å². The molecule has 2 N–H and O–H groups in total. The van der Waals surface area contributed by atoms with Crippen molar-refractivity contribution in [3.8, 4) is 17.6 Å². The average Bonchev–Trinajstić information content (AvgIpc) is 3.03. The van der Waals surface area contributed by atoms with Crippen molar-refractivity contribution in [2.24, 2.45) is 0 Å². The zero-order valence-electron chi connectivity index (χ0n) is 13.2. The molecule has 2 aromatic carbocycles. The fourth-order valence-corrected chi connectivity index (χ4v) is 2.52. The smallest absolute Gasteiger partial charge is 0.257 e. The first-order valence-electron chi connectivity index (χ1n) is 7.21. The van der Waals surface area contributed by atoms with E-state index in [0.29, 0.717) is 33.7 Å². The Morgan fingerprint density at radius 1 is 1.17 bits per heavy atom. The van der Waals surface area contributed by atoms with E-state index in [1.807, 2.05) is 0 Å². The first-order chi connectivity index (χ1) is 11.7. The van der Waals surface area contributed by atoms with Gasteiger partial charge in [-0.05, 0) is 18.2 Å². The highest BCUT2D eigenvalue weighted by molar-refractivity contribution is 6.13. The molecular weight excluding hydrogens is 306 g/mol. The number of nitrogens with one attached hydrogen (secondary N) is 2. The summed E-state index contributed by atoms with van der Waals surface area (Å²) >= 11 is 0. The Kier molecular flexibility index (Phi) is 4.08. The molecule has 0 atom stereocenters. The van der Waals surface area contributed by atoms with E-state index in [1.54, 1.807) is 56.8 Å². The average molecular weight is 321 g/mol. The second-order valence-corrected chi connectivity index (χ2v) is 5.07. The molecule has 3 rings (SSSR count). The molecule has 0 bridgehead atoms. The molecule has 0 unspecified atom stereocenters. The Balaban J connectivity index is 2.00. The molecule has 6 nitrogen and oxygen atoms in total. The number of anilines is 1. The maximum absolute atomic E-state index is 12.6. The molecule has 6 heteroatoms. The molecule has 0 fully saturated rings. The minimum Gasteiger partial charge on any atom is -0.493 e. The van der Waals surface area contributed by atoms with E-state index in [0.717, 1.165) is 5.52 Å². The van der Waals surface area contributed by atoms with Gasteiger partial charge >= 0.3 is 0 Å². The third kappa shape index (κ3) is 2.63. The number of benzene rings is 2. The molecule has 0 aliphatic carbocycles. The Labute approximate surface area is 138 Å². The summed E-state index contributed by atoms with van der Waals surface area (Å²) in [4.78, 5) is 15.6. The van der Waals surface area contributed by atoms with Crippen LogP contribution in [0.3, 0.4) is 0 Å². The van der Waals surface area contributed by atoms with Gasteiger partial charge in [-0.3, -0.25) is 4.79 Å². The number of amides is 1. The number of H-pyrrole nitrogens is 1. The van der Waals surface area contributed by atoms with E-state index in [4.69, 9.17) is 14.7 Å². The molecule has 3 aromatic rings. The van der Waals surface area contributed by atoms with Gasteiger partial charge in [-0.25, -0.2) is 0 Å². The quantitative estimate of drug-likeness (QED) is 0.772. The Morgan fingerprint density at radius 3 is 2.58 bits per heavy atom. The van der Waals surface area contributed by atoms with Crippen LogP contribution in [-0.4, -0.2) is 25.1 Å². The van der Waals surface area contributed by atoms with E-state index in [2.05, 4.69) is 16.4 Å². The summed E-state index contributed by atoms with van der Waals surface area (Å²) in [5, 5.41) is 12.6. The van der Waals surface area contributed by atoms with Crippen molar-refractivity contribution in [2.75, 3.05) is 19.5 Å². The summed E-state index contributed by atoms with van der Waals surface area (Å²) in [5.41, 5.74) is 2.09. The maximum atomic E-state index is 12.6. The summed E-state index contributed by atoms with van der Waals surface area (Å²) in [6.07, 6.45) is 1.62. The van der Waals surface area contributed by atoms with Crippen LogP contribution in [0, 0.1) is 11.3 Å². The van der Waals surface area contributed by atoms with E-state index in [9.17, 15) is 4.79 Å². The summed E-state index contributed by atoms with van der Waals surface area (Å²) in [6.45, 7) is 0. The number of fused-ring (bicyclic) bond motifs is 1. The van der Waals surface area contributed by atoms with E-state index in [1.165, 1.54) is 0 Å². The number of aromatic amines is 1. The highest BCUT2D eigenvalue weighted by atomic mass is 16.5. The monoisotopic (exact) mass is 321 g/mol. The molecule has 0 aliphatic heterocycles. The lowest BCUT2D eigenvalue weighted by Crippen LogP contribution is -2.12. The lowest BCUT2D eigenvalue weighted by Gasteiger charge is -2.09. The van der Waals surface area contributed by atoms with Crippen LogP contribution >= 0.6 is 0 Å². The molecule has 120 valence electrons. The molecule has 1 aromatic heterocycles. The van der Waals surface area contributed by atoms with Crippen LogP contribution in [0.2, 0.25) is 0 Å². The van der Waals surface area contributed by atoms with Crippen LogP contribution < -0.4 is 14.8 Å². The van der Waals surface area contributed by atoms with Crippen molar-refractivity contribution < 1.29 is 14.3 Å². The minimum absolute atomic E-state index is 0.309. The Hall–Kier alpha value is -3.46. The third-order valence-electron chi connectivity index (χ3n) is 3.73. The first-order valence-corrected chi connectivity index (χ1v) is 7.21. The van der Waals surface area contributed by atoms with Crippen LogP contribution in [0.5, 0.6) is 11.5 Å². The van der Waals surface area contributed by atoms with Crippen molar-refractivity contribution in [3.63, 3.8) is 0 Å². The molecular formula is C18H15N3O3. The summed E-state index contributed by atoms with van der Waals surface area (Å²) in [5.74, 6) is 0.806. The van der Waals surface area contributed by atoms with Gasteiger partial charge in [0.15, 0.2) is 11.5 Å². The predicted octanol–water partition coefficient (Wildman–Crippen LogP) is 3.31. The molecule has 1 heterocycles. The van der Waals surface area contributed by atoms with Crippen molar-refractivity contribution in [2.45, 2.75) is 0 Å². The summed E-state index contributed by atoms with van der Waals surface area (Å²) in [6, 6.07) is 12.4. The van der Waals surface area contributed by atoms with Crippen LogP contribution in [0.15, 0.2) is 42.6 Å². The van der Waals surface area contributed by atoms with E-state index < -0.39 is 0 Å². The number of aromatic nitrogens is 1. The number of carbonyl (C=O) groups is 1. The van der Waals surface area contributed by atoms with Crippen molar-refractivity contribution >= 4 is 22.5 Å². The second-order valence-electron chi connectivity index (χ2n) is 5.07. The fraction of sp³-hybridized carbons (Fsp3) is 0.111. The number of ether oxygens (including phenoxy) is 2. The third-order valence-corrected chi connectivity index (χ3v) is 3.73. The Morgan fingerprint density at radius 2 is 1.88 bits per heavy atom. The topological polar surface area (TPSA) is 87.1 Å². The second kappa shape index (κ2) is 6.34. The van der Waals surface area contributed by atoms with Gasteiger partial charge in [0.2, 0.25) is 0 Å². The van der Waals surface area contributed by atoms with E-state index in [-0.39, 0.29) is 5.91 Å². The number of nitrogens with zero attached hydrogens (tertiary/aromatic N) is 1. The number of para-hydroxylation sites is 1. The first kappa shape index (κ1) is 15.4. The predicted molar refractivity (Wildman–Crippen MR) is 90.5 cm³/mol. The zero-order valence-corrected chi connectivity index (χ0v) is 13.2. The highest BCUT2D eigenvalue weighted by Gasteiger charge is 2.16. The fourth-order valence-electron chi connectivity index (χ4n) is 2.52. The number of hydrogen-bond donors (Lipinski definition) is 2. The number of nitriles is 1. The zero-order chi connectivity index (χ0) is 17.1.